The van der Waals surface area contributed by atoms with E-state index in [0.29, 0.717) is 12.4 Å². The molecule has 0 saturated heterocycles. The number of carboxylic acid groups (broad SMARTS) is 1. The van der Waals surface area contributed by atoms with E-state index in [-0.39, 0.29) is 11.4 Å². The Kier molecular flexibility index (Phi) is 2.82. The van der Waals surface area contributed by atoms with E-state index in [1.165, 1.54) is 6.20 Å². The predicted octanol–water partition coefficient (Wildman–Crippen LogP) is 1.64. The van der Waals surface area contributed by atoms with Crippen molar-refractivity contribution >= 4 is 5.97 Å². The Hall–Kier alpha value is -2.30. The Balaban J connectivity index is 2.32. The van der Waals surface area contributed by atoms with Gasteiger partial charge in [-0.2, -0.15) is 0 Å². The third-order valence-corrected chi connectivity index (χ3v) is 2.55. The van der Waals surface area contributed by atoms with E-state index in [9.17, 15) is 4.79 Å². The molecule has 17 heavy (non-hydrogen) atoms. The lowest BCUT2D eigenvalue weighted by Gasteiger charge is -2.07. The zero-order valence-corrected chi connectivity index (χ0v) is 9.29. The topological polar surface area (TPSA) is 75.3 Å². The maximum Gasteiger partial charge on any atom is 0.354 e. The molecule has 0 radical (unpaired) electrons. The van der Waals surface area contributed by atoms with Crippen LogP contribution >= 0.6 is 0 Å². The normalized spacial score (nSPS) is 10.4. The summed E-state index contributed by atoms with van der Waals surface area (Å²) in [6.07, 6.45) is 1.35. The summed E-state index contributed by atoms with van der Waals surface area (Å²) in [7, 11) is 0. The van der Waals surface area contributed by atoms with Crippen LogP contribution in [-0.2, 0) is 6.54 Å². The van der Waals surface area contributed by atoms with E-state index in [1.54, 1.807) is 35.8 Å². The maximum absolute atomic E-state index is 11.0. The van der Waals surface area contributed by atoms with E-state index in [2.05, 4.69) is 4.98 Å². The van der Waals surface area contributed by atoms with Crippen LogP contribution in [0.2, 0.25) is 0 Å². The van der Waals surface area contributed by atoms with Gasteiger partial charge >= 0.3 is 5.97 Å². The second-order valence-electron chi connectivity index (χ2n) is 3.75. The van der Waals surface area contributed by atoms with Crippen LogP contribution in [0.1, 0.15) is 21.9 Å². The molecule has 0 fully saturated rings. The van der Waals surface area contributed by atoms with Gasteiger partial charge in [0.1, 0.15) is 17.3 Å². The van der Waals surface area contributed by atoms with Gasteiger partial charge in [0.25, 0.3) is 0 Å². The Bertz CT molecular complexity index is 543. The number of aromatic hydroxyl groups is 1. The second kappa shape index (κ2) is 4.29. The molecule has 5 heteroatoms. The van der Waals surface area contributed by atoms with Gasteiger partial charge in [-0.1, -0.05) is 12.1 Å². The molecular weight excluding hydrogens is 220 g/mol. The van der Waals surface area contributed by atoms with Gasteiger partial charge in [-0.3, -0.25) is 0 Å². The lowest BCUT2D eigenvalue weighted by atomic mass is 10.2. The molecule has 0 aliphatic heterocycles. The fraction of sp³-hybridized carbons (Fsp3) is 0.167. The minimum Gasteiger partial charge on any atom is -0.508 e. The Morgan fingerprint density at radius 1 is 1.35 bits per heavy atom. The number of carbonyl (C=O) groups is 1. The van der Waals surface area contributed by atoms with E-state index in [0.717, 1.165) is 5.56 Å². The number of hydrogen-bond acceptors (Lipinski definition) is 3. The Labute approximate surface area is 98.0 Å². The van der Waals surface area contributed by atoms with E-state index >= 15 is 0 Å². The molecule has 1 aromatic heterocycles. The van der Waals surface area contributed by atoms with Gasteiger partial charge in [-0.05, 0) is 24.6 Å². The van der Waals surface area contributed by atoms with Crippen LogP contribution in [0.4, 0.5) is 0 Å². The molecule has 88 valence electrons. The number of aromatic carboxylic acids is 1. The minimum atomic E-state index is -0.996. The molecule has 0 aliphatic carbocycles. The summed E-state index contributed by atoms with van der Waals surface area (Å²) >= 11 is 0. The summed E-state index contributed by atoms with van der Waals surface area (Å²) in [5, 5.41) is 18.2. The molecule has 0 atom stereocenters. The van der Waals surface area contributed by atoms with Crippen LogP contribution in [0.3, 0.4) is 0 Å². The third kappa shape index (κ3) is 2.28. The monoisotopic (exact) mass is 232 g/mol. The predicted molar refractivity (Wildman–Crippen MR) is 61.1 cm³/mol. The number of hydrogen-bond donors (Lipinski definition) is 2. The molecule has 1 heterocycles. The fourth-order valence-electron chi connectivity index (χ4n) is 1.62. The smallest absolute Gasteiger partial charge is 0.354 e. The van der Waals surface area contributed by atoms with Crippen molar-refractivity contribution in [2.75, 3.05) is 0 Å². The number of carboxylic acids is 1. The summed E-state index contributed by atoms with van der Waals surface area (Å²) in [5.74, 6) is -0.158. The summed E-state index contributed by atoms with van der Waals surface area (Å²) in [4.78, 5) is 15.0. The van der Waals surface area contributed by atoms with Crippen molar-refractivity contribution in [3.05, 3.63) is 47.5 Å². The van der Waals surface area contributed by atoms with Crippen molar-refractivity contribution in [1.82, 2.24) is 9.55 Å². The summed E-state index contributed by atoms with van der Waals surface area (Å²) in [5.41, 5.74) is 1.07. The highest BCUT2D eigenvalue weighted by molar-refractivity contribution is 5.85. The number of imidazole rings is 1. The molecule has 0 unspecified atom stereocenters. The lowest BCUT2D eigenvalue weighted by Crippen LogP contribution is -2.10. The molecule has 2 N–H and O–H groups in total. The van der Waals surface area contributed by atoms with Crippen molar-refractivity contribution < 1.29 is 15.0 Å². The van der Waals surface area contributed by atoms with Crippen LogP contribution in [0.25, 0.3) is 0 Å². The minimum absolute atomic E-state index is 0.163. The van der Waals surface area contributed by atoms with Crippen LogP contribution in [0, 0.1) is 6.92 Å². The fourth-order valence-corrected chi connectivity index (χ4v) is 1.62. The number of benzene rings is 1. The molecular formula is C12H12N2O3. The zero-order chi connectivity index (χ0) is 12.4. The van der Waals surface area contributed by atoms with Crippen molar-refractivity contribution in [3.63, 3.8) is 0 Å². The molecule has 2 aromatic rings. The number of nitrogens with zero attached hydrogens (tertiary/aromatic N) is 2. The Morgan fingerprint density at radius 3 is 2.59 bits per heavy atom. The van der Waals surface area contributed by atoms with Crippen molar-refractivity contribution in [1.29, 1.82) is 0 Å². The largest absolute Gasteiger partial charge is 0.508 e. The standard InChI is InChI=1S/C12H12N2O3/c1-8-13-6-11(12(16)17)14(8)7-9-2-4-10(15)5-3-9/h2-6,15H,7H2,1H3,(H,16,17). The van der Waals surface area contributed by atoms with Gasteiger partial charge < -0.3 is 14.8 Å². The highest BCUT2D eigenvalue weighted by atomic mass is 16.4. The number of phenols is 1. The van der Waals surface area contributed by atoms with Crippen LogP contribution in [0.15, 0.2) is 30.5 Å². The summed E-state index contributed by atoms with van der Waals surface area (Å²) in [6, 6.07) is 6.64. The quantitative estimate of drug-likeness (QED) is 0.843. The molecule has 0 bridgehead atoms. The van der Waals surface area contributed by atoms with Crippen LogP contribution in [0.5, 0.6) is 5.75 Å². The van der Waals surface area contributed by atoms with Gasteiger partial charge in [0.2, 0.25) is 0 Å². The maximum atomic E-state index is 11.0. The van der Waals surface area contributed by atoms with Crippen LogP contribution < -0.4 is 0 Å². The number of phenolic OH excluding ortho intramolecular Hbond substituents is 1. The molecule has 0 saturated carbocycles. The average molecular weight is 232 g/mol. The van der Waals surface area contributed by atoms with Gasteiger partial charge in [-0.25, -0.2) is 9.78 Å². The molecule has 2 rings (SSSR count). The first kappa shape index (κ1) is 11.2. The molecule has 5 nitrogen and oxygen atoms in total. The molecule has 1 aromatic carbocycles. The number of rotatable bonds is 3. The van der Waals surface area contributed by atoms with Gasteiger partial charge in [0.05, 0.1) is 6.20 Å². The Morgan fingerprint density at radius 2 is 2.00 bits per heavy atom. The van der Waals surface area contributed by atoms with E-state index in [1.807, 2.05) is 0 Å². The summed E-state index contributed by atoms with van der Waals surface area (Å²) in [6.45, 7) is 2.18. The molecule has 0 amide bonds. The first-order valence-corrected chi connectivity index (χ1v) is 5.11. The third-order valence-electron chi connectivity index (χ3n) is 2.55. The van der Waals surface area contributed by atoms with Crippen LogP contribution in [-0.4, -0.2) is 25.7 Å². The highest BCUT2D eigenvalue weighted by Crippen LogP contribution is 2.13. The number of aromatic nitrogens is 2. The first-order valence-electron chi connectivity index (χ1n) is 5.11. The van der Waals surface area contributed by atoms with Gasteiger partial charge in [0.15, 0.2) is 0 Å². The highest BCUT2D eigenvalue weighted by Gasteiger charge is 2.13. The van der Waals surface area contributed by atoms with E-state index < -0.39 is 5.97 Å². The zero-order valence-electron chi connectivity index (χ0n) is 9.29. The molecule has 0 aliphatic rings. The molecule has 0 spiro atoms. The number of aryl methyl sites for hydroxylation is 1. The van der Waals surface area contributed by atoms with E-state index in [4.69, 9.17) is 10.2 Å². The lowest BCUT2D eigenvalue weighted by molar-refractivity contribution is 0.0685. The first-order chi connectivity index (χ1) is 8.08. The van der Waals surface area contributed by atoms with Gasteiger partial charge in [0, 0.05) is 6.54 Å². The second-order valence-corrected chi connectivity index (χ2v) is 3.75. The van der Waals surface area contributed by atoms with Crippen molar-refractivity contribution in [2.45, 2.75) is 13.5 Å². The summed E-state index contributed by atoms with van der Waals surface area (Å²) < 4.78 is 1.62. The van der Waals surface area contributed by atoms with Crippen molar-refractivity contribution in [2.24, 2.45) is 0 Å². The van der Waals surface area contributed by atoms with Gasteiger partial charge in [-0.15, -0.1) is 0 Å². The SMILES string of the molecule is Cc1ncc(C(=O)O)n1Cc1ccc(O)cc1. The average Bonchev–Trinajstić information content (AvgIpc) is 2.64. The van der Waals surface area contributed by atoms with Crippen molar-refractivity contribution in [3.8, 4) is 5.75 Å².